The molecule has 1 atom stereocenters. The molecule has 2 aromatic rings. The van der Waals surface area contributed by atoms with E-state index in [1.54, 1.807) is 30.6 Å². The molecule has 1 aromatic carbocycles. The highest BCUT2D eigenvalue weighted by molar-refractivity contribution is 5.37. The van der Waals surface area contributed by atoms with Gasteiger partial charge in [0, 0.05) is 37.1 Å². The Bertz CT molecular complexity index is 700. The Balaban J connectivity index is 1.90. The number of benzene rings is 1. The van der Waals surface area contributed by atoms with Crippen molar-refractivity contribution in [3.63, 3.8) is 0 Å². The molecule has 0 aliphatic carbocycles. The molecule has 2 heterocycles. The van der Waals surface area contributed by atoms with Gasteiger partial charge in [0.1, 0.15) is 5.82 Å². The molecule has 5 nitrogen and oxygen atoms in total. The number of halogens is 1. The van der Waals surface area contributed by atoms with Gasteiger partial charge in [-0.1, -0.05) is 18.2 Å². The van der Waals surface area contributed by atoms with Crippen LogP contribution in [-0.4, -0.2) is 28.7 Å². The fraction of sp³-hybridized carbons (Fsp3) is 0.333. The molecular weight excluding hydrogens is 271 g/mol. The van der Waals surface area contributed by atoms with Gasteiger partial charge in [0.15, 0.2) is 5.82 Å². The molecule has 3 rings (SSSR count). The Labute approximate surface area is 121 Å². The molecule has 1 aromatic heterocycles. The highest BCUT2D eigenvalue weighted by Crippen LogP contribution is 2.13. The minimum atomic E-state index is -0.314. The lowest BCUT2D eigenvalue weighted by Gasteiger charge is -2.17. The average Bonchev–Trinajstić information content (AvgIpc) is 2.90. The molecule has 0 radical (unpaired) electrons. The Kier molecular flexibility index (Phi) is 3.70. The zero-order valence-corrected chi connectivity index (χ0v) is 11.6. The van der Waals surface area contributed by atoms with Crippen LogP contribution in [0.1, 0.15) is 12.0 Å². The van der Waals surface area contributed by atoms with Gasteiger partial charge in [-0.25, -0.2) is 9.37 Å². The lowest BCUT2D eigenvalue weighted by Crippen LogP contribution is -2.34. The molecule has 6 heteroatoms. The molecule has 0 saturated carbocycles. The Morgan fingerprint density at radius 2 is 2.19 bits per heavy atom. The lowest BCUT2D eigenvalue weighted by atomic mass is 10.2. The van der Waals surface area contributed by atoms with Gasteiger partial charge in [-0.2, -0.15) is 0 Å². The first-order valence-corrected chi connectivity index (χ1v) is 6.94. The summed E-state index contributed by atoms with van der Waals surface area (Å²) in [5.41, 5.74) is 6.13. The van der Waals surface area contributed by atoms with Gasteiger partial charge >= 0.3 is 0 Å². The molecule has 2 N–H and O–H groups in total. The second-order valence-electron chi connectivity index (χ2n) is 5.27. The summed E-state index contributed by atoms with van der Waals surface area (Å²) in [5, 5.41) is 0. The molecular formula is C15H17FN4O. The van der Waals surface area contributed by atoms with Crippen molar-refractivity contribution in [3.05, 3.63) is 58.4 Å². The van der Waals surface area contributed by atoms with E-state index in [9.17, 15) is 9.18 Å². The SMILES string of the molecule is N[C@@H]1CCN(c2nccn(Cc3ccccc3F)c2=O)C1. The first-order valence-electron chi connectivity index (χ1n) is 6.94. The number of hydrogen-bond acceptors (Lipinski definition) is 4. The standard InChI is InChI=1S/C15H17FN4O/c16-13-4-2-1-3-11(13)9-20-8-6-18-14(15(20)21)19-7-5-12(17)10-19/h1-4,6,8,12H,5,7,9-10,17H2/t12-/m1/s1. The van der Waals surface area contributed by atoms with Crippen molar-refractivity contribution in [2.75, 3.05) is 18.0 Å². The van der Waals surface area contributed by atoms with E-state index in [2.05, 4.69) is 4.98 Å². The summed E-state index contributed by atoms with van der Waals surface area (Å²) in [6.45, 7) is 1.56. The molecule has 1 aliphatic heterocycles. The van der Waals surface area contributed by atoms with Crippen LogP contribution < -0.4 is 16.2 Å². The van der Waals surface area contributed by atoms with Crippen LogP contribution >= 0.6 is 0 Å². The van der Waals surface area contributed by atoms with Gasteiger partial charge < -0.3 is 15.2 Å². The third kappa shape index (κ3) is 2.80. The van der Waals surface area contributed by atoms with Crippen LogP contribution in [0.5, 0.6) is 0 Å². The van der Waals surface area contributed by atoms with E-state index < -0.39 is 0 Å². The minimum Gasteiger partial charge on any atom is -0.350 e. The summed E-state index contributed by atoms with van der Waals surface area (Å²) in [6, 6.07) is 6.53. The molecule has 0 unspecified atom stereocenters. The normalized spacial score (nSPS) is 18.2. The second kappa shape index (κ2) is 5.65. The number of aromatic nitrogens is 2. The summed E-state index contributed by atoms with van der Waals surface area (Å²) in [5.74, 6) is 0.0766. The maximum atomic E-state index is 13.7. The highest BCUT2D eigenvalue weighted by Gasteiger charge is 2.23. The van der Waals surface area contributed by atoms with Crippen LogP contribution in [-0.2, 0) is 6.54 Å². The highest BCUT2D eigenvalue weighted by atomic mass is 19.1. The molecule has 21 heavy (non-hydrogen) atoms. The van der Waals surface area contributed by atoms with Crippen molar-refractivity contribution in [1.82, 2.24) is 9.55 Å². The zero-order valence-electron chi connectivity index (χ0n) is 11.6. The van der Waals surface area contributed by atoms with E-state index in [-0.39, 0.29) is 24.0 Å². The van der Waals surface area contributed by atoms with Crippen molar-refractivity contribution in [1.29, 1.82) is 0 Å². The van der Waals surface area contributed by atoms with Crippen molar-refractivity contribution in [2.24, 2.45) is 5.73 Å². The average molecular weight is 288 g/mol. The van der Waals surface area contributed by atoms with Gasteiger partial charge in [0.25, 0.3) is 5.56 Å². The van der Waals surface area contributed by atoms with Gasteiger partial charge in [0.2, 0.25) is 0 Å². The third-order valence-electron chi connectivity index (χ3n) is 3.72. The van der Waals surface area contributed by atoms with Crippen molar-refractivity contribution >= 4 is 5.82 Å². The van der Waals surface area contributed by atoms with Crippen LogP contribution in [0.3, 0.4) is 0 Å². The number of hydrogen-bond donors (Lipinski definition) is 1. The fourth-order valence-electron chi connectivity index (χ4n) is 2.57. The van der Waals surface area contributed by atoms with Gasteiger partial charge in [0.05, 0.1) is 6.54 Å². The smallest absolute Gasteiger partial charge is 0.293 e. The second-order valence-corrected chi connectivity index (χ2v) is 5.27. The minimum absolute atomic E-state index is 0.0754. The van der Waals surface area contributed by atoms with Crippen LogP contribution in [0.4, 0.5) is 10.2 Å². The first kappa shape index (κ1) is 13.8. The largest absolute Gasteiger partial charge is 0.350 e. The summed E-state index contributed by atoms with van der Waals surface area (Å²) in [6.07, 6.45) is 4.00. The number of anilines is 1. The van der Waals surface area contributed by atoms with E-state index in [1.165, 1.54) is 10.6 Å². The Morgan fingerprint density at radius 3 is 2.90 bits per heavy atom. The summed E-state index contributed by atoms with van der Waals surface area (Å²) < 4.78 is 15.2. The monoisotopic (exact) mass is 288 g/mol. The molecule has 110 valence electrons. The molecule has 0 spiro atoms. The summed E-state index contributed by atoms with van der Waals surface area (Å²) in [7, 11) is 0. The number of nitrogens with zero attached hydrogens (tertiary/aromatic N) is 3. The maximum Gasteiger partial charge on any atom is 0.293 e. The van der Waals surface area contributed by atoms with E-state index in [0.717, 1.165) is 13.0 Å². The van der Waals surface area contributed by atoms with Gasteiger partial charge in [-0.15, -0.1) is 0 Å². The van der Waals surface area contributed by atoms with Crippen molar-refractivity contribution < 1.29 is 4.39 Å². The lowest BCUT2D eigenvalue weighted by molar-refractivity contribution is 0.595. The van der Waals surface area contributed by atoms with Gasteiger partial charge in [-0.05, 0) is 12.5 Å². The van der Waals surface area contributed by atoms with Crippen LogP contribution in [0.2, 0.25) is 0 Å². The molecule has 0 bridgehead atoms. The van der Waals surface area contributed by atoms with Gasteiger partial charge in [-0.3, -0.25) is 4.79 Å². The van der Waals surface area contributed by atoms with E-state index >= 15 is 0 Å². The van der Waals surface area contributed by atoms with E-state index in [0.29, 0.717) is 17.9 Å². The molecule has 1 saturated heterocycles. The quantitative estimate of drug-likeness (QED) is 0.914. The van der Waals surface area contributed by atoms with Crippen molar-refractivity contribution in [2.45, 2.75) is 19.0 Å². The number of nitrogens with two attached hydrogens (primary N) is 1. The first-order chi connectivity index (χ1) is 10.1. The Morgan fingerprint density at radius 1 is 1.38 bits per heavy atom. The summed E-state index contributed by atoms with van der Waals surface area (Å²) >= 11 is 0. The van der Waals surface area contributed by atoms with Crippen LogP contribution in [0, 0.1) is 5.82 Å². The molecule has 1 fully saturated rings. The van der Waals surface area contributed by atoms with E-state index in [1.807, 2.05) is 4.90 Å². The summed E-state index contributed by atoms with van der Waals surface area (Å²) in [4.78, 5) is 18.5. The zero-order chi connectivity index (χ0) is 14.8. The predicted molar refractivity (Wildman–Crippen MR) is 78.8 cm³/mol. The molecule has 0 amide bonds. The Hall–Kier alpha value is -2.21. The maximum absolute atomic E-state index is 13.7. The third-order valence-corrected chi connectivity index (χ3v) is 3.72. The van der Waals surface area contributed by atoms with Crippen molar-refractivity contribution in [3.8, 4) is 0 Å². The number of rotatable bonds is 3. The van der Waals surface area contributed by atoms with Crippen LogP contribution in [0.25, 0.3) is 0 Å². The topological polar surface area (TPSA) is 64.2 Å². The predicted octanol–water partition coefficient (Wildman–Crippen LogP) is 0.968. The molecule has 1 aliphatic rings. The van der Waals surface area contributed by atoms with E-state index in [4.69, 9.17) is 5.73 Å². The fourth-order valence-corrected chi connectivity index (χ4v) is 2.57. The van der Waals surface area contributed by atoms with Crippen LogP contribution in [0.15, 0.2) is 41.5 Å².